The van der Waals surface area contributed by atoms with Crippen molar-refractivity contribution in [3.63, 3.8) is 0 Å². The van der Waals surface area contributed by atoms with Gasteiger partial charge in [-0.3, -0.25) is 10.6 Å². The molecule has 0 unspecified atom stereocenters. The van der Waals surface area contributed by atoms with E-state index in [9.17, 15) is 18.0 Å². The Balaban J connectivity index is 0.00000240. The minimum Gasteiger partial charge on any atom is -1.00 e. The first-order valence-corrected chi connectivity index (χ1v) is 9.23. The number of anilines is 1. The molecule has 1 amide bonds. The molecule has 7 nitrogen and oxygen atoms in total. The molecular weight excluding hydrogens is 460 g/mol. The molecule has 0 radical (unpaired) electrons. The molecule has 1 aromatic heterocycles. The second-order valence-electron chi connectivity index (χ2n) is 6.61. The van der Waals surface area contributed by atoms with Gasteiger partial charge in [0, 0.05) is 12.1 Å². The van der Waals surface area contributed by atoms with Crippen molar-refractivity contribution in [2.45, 2.75) is 6.18 Å². The summed E-state index contributed by atoms with van der Waals surface area (Å²) in [6, 6.07) is 8.20. The van der Waals surface area contributed by atoms with Crippen LogP contribution in [0.3, 0.4) is 0 Å². The summed E-state index contributed by atoms with van der Waals surface area (Å²) < 4.78 is 48.8. The van der Waals surface area contributed by atoms with Crippen molar-refractivity contribution in [2.24, 2.45) is 0 Å². The van der Waals surface area contributed by atoms with Gasteiger partial charge in [-0.1, -0.05) is 6.07 Å². The van der Waals surface area contributed by atoms with Crippen molar-refractivity contribution < 1.29 is 62.5 Å². The van der Waals surface area contributed by atoms with E-state index in [0.29, 0.717) is 23.8 Å². The number of nitrogens with two attached hydrogens (primary N) is 1. The van der Waals surface area contributed by atoms with E-state index in [4.69, 9.17) is 9.47 Å². The highest BCUT2D eigenvalue weighted by Gasteiger charge is 2.31. The Bertz CT molecular complexity index is 820. The number of rotatable bonds is 6. The van der Waals surface area contributed by atoms with Crippen LogP contribution in [-0.2, 0) is 15.7 Å². The molecule has 31 heavy (non-hydrogen) atoms. The van der Waals surface area contributed by atoms with Crippen molar-refractivity contribution in [3.8, 4) is 0 Å². The molecule has 172 valence electrons. The minimum absolute atomic E-state index is 0. The molecule has 0 atom stereocenters. The van der Waals surface area contributed by atoms with Gasteiger partial charge in [-0.05, 0) is 18.2 Å². The minimum atomic E-state index is -4.39. The molecule has 1 fully saturated rings. The van der Waals surface area contributed by atoms with Crippen LogP contribution in [0.4, 0.5) is 35.2 Å². The summed E-state index contributed by atoms with van der Waals surface area (Å²) in [7, 11) is 0. The number of pyridine rings is 1. The molecule has 0 aliphatic carbocycles. The summed E-state index contributed by atoms with van der Waals surface area (Å²) >= 11 is 0. The Morgan fingerprint density at radius 2 is 1.94 bits per heavy atom. The van der Waals surface area contributed by atoms with Crippen molar-refractivity contribution in [3.05, 3.63) is 48.2 Å². The Morgan fingerprint density at radius 1 is 1.19 bits per heavy atom. The molecular formula is C19H23Cl2F3N4O3. The number of morpholine rings is 1. The molecule has 1 aliphatic rings. The lowest BCUT2D eigenvalue weighted by atomic mass is 10.2. The highest BCUT2D eigenvalue weighted by atomic mass is 35.5. The van der Waals surface area contributed by atoms with Gasteiger partial charge in [0.25, 0.3) is 0 Å². The third kappa shape index (κ3) is 8.88. The first-order chi connectivity index (χ1) is 13.9. The van der Waals surface area contributed by atoms with Gasteiger partial charge in [-0.2, -0.15) is 13.2 Å². The van der Waals surface area contributed by atoms with Crippen LogP contribution in [0, 0.1) is 0 Å². The van der Waals surface area contributed by atoms with E-state index in [2.05, 4.69) is 10.3 Å². The van der Waals surface area contributed by atoms with Crippen molar-refractivity contribution in [1.82, 2.24) is 4.98 Å². The first kappa shape index (κ1) is 26.9. The van der Waals surface area contributed by atoms with Crippen LogP contribution >= 0.6 is 0 Å². The van der Waals surface area contributed by atoms with Crippen molar-refractivity contribution in [2.75, 3.05) is 44.8 Å². The number of carbonyl (C=O) groups excluding carboxylic acids is 1. The summed E-state index contributed by atoms with van der Waals surface area (Å²) in [5, 5.41) is 4.11. The first-order valence-electron chi connectivity index (χ1n) is 9.23. The Morgan fingerprint density at radius 3 is 2.58 bits per heavy atom. The van der Waals surface area contributed by atoms with E-state index in [-0.39, 0.29) is 24.8 Å². The molecule has 0 saturated carbocycles. The zero-order valence-corrected chi connectivity index (χ0v) is 17.9. The number of quaternary nitrogens is 2. The molecule has 1 aliphatic heterocycles. The molecule has 12 heteroatoms. The van der Waals surface area contributed by atoms with Crippen molar-refractivity contribution >= 4 is 23.3 Å². The maximum atomic E-state index is 12.8. The van der Waals surface area contributed by atoms with Gasteiger partial charge >= 0.3 is 12.3 Å². The standard InChI is InChI=1S/C19H21F3N4O3.2ClH/c20-19(21,22)14-2-1-3-15(12-14)24-17-5-4-16(13-23-17)25-18(27)29-11-8-26-6-9-28-10-7-26;;/h1-5,12-13H,6-11H2,(H,23,24)(H,25,27);2*1H. The maximum Gasteiger partial charge on any atom is 0.416 e. The van der Waals surface area contributed by atoms with E-state index in [1.165, 1.54) is 22.5 Å². The molecule has 3 rings (SSSR count). The number of carbonyl (C=O) groups is 1. The average Bonchev–Trinajstić information content (AvgIpc) is 2.70. The molecule has 2 heterocycles. The average molecular weight is 483 g/mol. The fourth-order valence-electron chi connectivity index (χ4n) is 2.89. The number of nitrogens with one attached hydrogen (secondary N) is 2. The number of benzene rings is 1. The lowest BCUT2D eigenvalue weighted by Crippen LogP contribution is -3.14. The van der Waals surface area contributed by atoms with Gasteiger partial charge in [-0.15, -0.1) is 0 Å². The fraction of sp³-hybridized carbons (Fsp3) is 0.368. The van der Waals surface area contributed by atoms with Gasteiger partial charge in [-0.25, -0.2) is 9.78 Å². The molecule has 1 saturated heterocycles. The predicted molar refractivity (Wildman–Crippen MR) is 98.3 cm³/mol. The van der Waals surface area contributed by atoms with E-state index < -0.39 is 17.8 Å². The Hall–Kier alpha value is -2.11. The van der Waals surface area contributed by atoms with Gasteiger partial charge in [0.05, 0.1) is 30.7 Å². The van der Waals surface area contributed by atoms with Crippen LogP contribution in [0.1, 0.15) is 5.56 Å². The smallest absolute Gasteiger partial charge is 0.416 e. The van der Waals surface area contributed by atoms with Crippen molar-refractivity contribution in [1.29, 1.82) is 0 Å². The third-order valence-electron chi connectivity index (χ3n) is 4.45. The Kier molecular flexibility index (Phi) is 11.0. The largest absolute Gasteiger partial charge is 1.00 e. The summed E-state index contributed by atoms with van der Waals surface area (Å²) in [4.78, 5) is 17.3. The zero-order chi connectivity index (χ0) is 20.7. The number of hydrogen-bond acceptors (Lipinski definition) is 4. The van der Waals surface area contributed by atoms with E-state index >= 15 is 0 Å². The van der Waals surface area contributed by atoms with Gasteiger partial charge in [0.2, 0.25) is 5.82 Å². The highest BCUT2D eigenvalue weighted by molar-refractivity contribution is 5.84. The Labute approximate surface area is 190 Å². The normalized spacial score (nSPS) is 14.2. The fourth-order valence-corrected chi connectivity index (χ4v) is 2.89. The van der Waals surface area contributed by atoms with Crippen LogP contribution < -0.4 is 40.3 Å². The second-order valence-corrected chi connectivity index (χ2v) is 6.61. The van der Waals surface area contributed by atoms with Gasteiger partial charge in [0.15, 0.2) is 0 Å². The number of nitrogens with zero attached hydrogens (tertiary/aromatic N) is 1. The van der Waals surface area contributed by atoms with Crippen LogP contribution in [0.5, 0.6) is 0 Å². The number of aromatic nitrogens is 1. The van der Waals surface area contributed by atoms with E-state index in [0.717, 1.165) is 45.0 Å². The predicted octanol–water partition coefficient (Wildman–Crippen LogP) is -4.90. The van der Waals surface area contributed by atoms with Crippen LogP contribution in [-0.4, -0.2) is 50.5 Å². The van der Waals surface area contributed by atoms with Crippen LogP contribution in [0.15, 0.2) is 42.6 Å². The molecule has 4 N–H and O–H groups in total. The number of hydrogen-bond donors (Lipinski definition) is 3. The topological polar surface area (TPSA) is 81.5 Å². The number of ether oxygens (including phenoxy) is 2. The molecule has 1 aromatic carbocycles. The molecule has 2 aromatic rings. The van der Waals surface area contributed by atoms with Crippen LogP contribution in [0.25, 0.3) is 0 Å². The maximum absolute atomic E-state index is 12.8. The second kappa shape index (κ2) is 12.7. The number of alkyl halides is 3. The van der Waals surface area contributed by atoms with E-state index in [1.807, 2.05) is 0 Å². The monoisotopic (exact) mass is 482 g/mol. The SMILES string of the molecule is O=C(Nc1ccc([NH2+]c2cccc(C(F)(F)F)c2)nc1)OCC[NH+]1CCOCC1.[Cl-].[Cl-]. The molecule has 0 spiro atoms. The van der Waals surface area contributed by atoms with E-state index in [1.54, 1.807) is 18.2 Å². The van der Waals surface area contributed by atoms with Gasteiger partial charge in [0.1, 0.15) is 31.9 Å². The van der Waals surface area contributed by atoms with Crippen LogP contribution in [0.2, 0.25) is 0 Å². The van der Waals surface area contributed by atoms with Gasteiger partial charge < -0.3 is 39.2 Å². The summed E-state index contributed by atoms with van der Waals surface area (Å²) in [5.41, 5.74) is 0.110. The quantitative estimate of drug-likeness (QED) is 0.360. The lowest BCUT2D eigenvalue weighted by Gasteiger charge is -2.23. The summed E-state index contributed by atoms with van der Waals surface area (Å²) in [6.45, 7) is 4.27. The summed E-state index contributed by atoms with van der Waals surface area (Å²) in [5.74, 6) is 0.471. The zero-order valence-electron chi connectivity index (χ0n) is 16.4. The number of amides is 1. The lowest BCUT2D eigenvalue weighted by molar-refractivity contribution is -0.908. The molecule has 0 bridgehead atoms. The third-order valence-corrected chi connectivity index (χ3v) is 4.45. The summed E-state index contributed by atoms with van der Waals surface area (Å²) in [6.07, 6.45) is -3.54. The highest BCUT2D eigenvalue weighted by Crippen LogP contribution is 2.29. The number of halogens is 5.